The Morgan fingerprint density at radius 2 is 1.81 bits per heavy atom. The molecular formula is C19H16FN3O3S. The normalized spacial score (nSPS) is 11.6. The molecule has 6 nitrogen and oxygen atoms in total. The zero-order valence-electron chi connectivity index (χ0n) is 14.7. The van der Waals surface area contributed by atoms with Crippen LogP contribution in [0.3, 0.4) is 0 Å². The van der Waals surface area contributed by atoms with Crippen LogP contribution in [0.1, 0.15) is 22.2 Å². The Kier molecular flexibility index (Phi) is 5.27. The Morgan fingerprint density at radius 3 is 2.37 bits per heavy atom. The third kappa shape index (κ3) is 3.85. The molecule has 1 aromatic heterocycles. The quantitative estimate of drug-likeness (QED) is 0.501. The Balaban J connectivity index is 2.02. The summed E-state index contributed by atoms with van der Waals surface area (Å²) in [5, 5.41) is 10.7. The van der Waals surface area contributed by atoms with Crippen LogP contribution in [-0.2, 0) is 13.5 Å². The highest BCUT2D eigenvalue weighted by molar-refractivity contribution is 7.09. The van der Waals surface area contributed by atoms with Crippen LogP contribution < -0.4 is 4.80 Å². The zero-order valence-corrected chi connectivity index (χ0v) is 15.5. The van der Waals surface area contributed by atoms with E-state index < -0.39 is 10.8 Å². The summed E-state index contributed by atoms with van der Waals surface area (Å²) in [6.07, 6.45) is 0.743. The molecule has 0 unspecified atom stereocenters. The first kappa shape index (κ1) is 18.7. The summed E-state index contributed by atoms with van der Waals surface area (Å²) in [4.78, 5) is 28.4. The van der Waals surface area contributed by atoms with E-state index in [2.05, 4.69) is 4.99 Å². The number of hydrogen-bond acceptors (Lipinski definition) is 4. The first-order chi connectivity index (χ1) is 12.9. The highest BCUT2D eigenvalue weighted by Gasteiger charge is 2.14. The van der Waals surface area contributed by atoms with Crippen LogP contribution in [0.5, 0.6) is 0 Å². The van der Waals surface area contributed by atoms with E-state index in [-0.39, 0.29) is 17.1 Å². The van der Waals surface area contributed by atoms with Crippen LogP contribution in [-0.4, -0.2) is 15.4 Å². The maximum Gasteiger partial charge on any atom is 0.279 e. The summed E-state index contributed by atoms with van der Waals surface area (Å²) in [5.41, 5.74) is 1.92. The number of rotatable bonds is 4. The van der Waals surface area contributed by atoms with Crippen molar-refractivity contribution in [2.24, 2.45) is 12.0 Å². The predicted molar refractivity (Wildman–Crippen MR) is 101 cm³/mol. The zero-order chi connectivity index (χ0) is 19.6. The van der Waals surface area contributed by atoms with Gasteiger partial charge in [-0.3, -0.25) is 14.9 Å². The van der Waals surface area contributed by atoms with Gasteiger partial charge in [0, 0.05) is 29.6 Å². The lowest BCUT2D eigenvalue weighted by Crippen LogP contribution is -2.14. The molecule has 0 atom stereocenters. The molecule has 0 aliphatic rings. The lowest BCUT2D eigenvalue weighted by atomic mass is 10.1. The number of carbonyl (C=O) groups excluding carboxylic acids is 1. The number of non-ortho nitro benzene ring substituents is 1. The molecule has 3 rings (SSSR count). The van der Waals surface area contributed by atoms with Crippen molar-refractivity contribution in [3.63, 3.8) is 0 Å². The minimum atomic E-state index is -0.521. The molecule has 0 N–H and O–H groups in total. The number of aryl methyl sites for hydroxylation is 1. The number of nitro groups is 1. The van der Waals surface area contributed by atoms with E-state index in [1.807, 2.05) is 6.92 Å². The fourth-order valence-electron chi connectivity index (χ4n) is 2.69. The van der Waals surface area contributed by atoms with Crippen molar-refractivity contribution in [1.82, 2.24) is 4.57 Å². The third-order valence-electron chi connectivity index (χ3n) is 4.06. The number of carbonyl (C=O) groups is 1. The number of halogens is 1. The summed E-state index contributed by atoms with van der Waals surface area (Å²) in [6, 6.07) is 11.5. The van der Waals surface area contributed by atoms with E-state index in [0.717, 1.165) is 22.6 Å². The molecule has 0 bridgehead atoms. The average molecular weight is 385 g/mol. The van der Waals surface area contributed by atoms with Gasteiger partial charge in [0.15, 0.2) is 4.80 Å². The van der Waals surface area contributed by atoms with Gasteiger partial charge in [-0.1, -0.05) is 6.92 Å². The van der Waals surface area contributed by atoms with Crippen LogP contribution in [0.2, 0.25) is 0 Å². The maximum atomic E-state index is 13.2. The maximum absolute atomic E-state index is 13.2. The van der Waals surface area contributed by atoms with Gasteiger partial charge in [0.05, 0.1) is 10.6 Å². The Bertz CT molecular complexity index is 1070. The lowest BCUT2D eigenvalue weighted by molar-refractivity contribution is -0.384. The minimum absolute atomic E-state index is 0.0832. The van der Waals surface area contributed by atoms with E-state index >= 15 is 0 Å². The van der Waals surface area contributed by atoms with Crippen molar-refractivity contribution in [3.05, 3.63) is 79.7 Å². The summed E-state index contributed by atoms with van der Waals surface area (Å²) >= 11 is 1.39. The van der Waals surface area contributed by atoms with Gasteiger partial charge in [-0.25, -0.2) is 4.39 Å². The molecule has 8 heteroatoms. The number of thiazole rings is 1. The molecule has 1 amide bonds. The topological polar surface area (TPSA) is 77.5 Å². The predicted octanol–water partition coefficient (Wildman–Crippen LogP) is 4.10. The lowest BCUT2D eigenvalue weighted by Gasteiger charge is -2.05. The van der Waals surface area contributed by atoms with Crippen molar-refractivity contribution in [2.75, 3.05) is 0 Å². The molecule has 0 aliphatic carbocycles. The average Bonchev–Trinajstić information content (AvgIpc) is 2.98. The summed E-state index contributed by atoms with van der Waals surface area (Å²) < 4.78 is 15.0. The van der Waals surface area contributed by atoms with Gasteiger partial charge in [-0.05, 0) is 48.4 Å². The molecular weight excluding hydrogens is 369 g/mol. The van der Waals surface area contributed by atoms with E-state index in [4.69, 9.17) is 0 Å². The van der Waals surface area contributed by atoms with E-state index in [1.54, 1.807) is 23.7 Å². The summed E-state index contributed by atoms with van der Waals surface area (Å²) in [5.74, 6) is -0.789. The van der Waals surface area contributed by atoms with Gasteiger partial charge in [0.25, 0.3) is 11.6 Å². The summed E-state index contributed by atoms with van der Waals surface area (Å²) in [6.45, 7) is 2.00. The van der Waals surface area contributed by atoms with Crippen LogP contribution in [0.4, 0.5) is 10.1 Å². The van der Waals surface area contributed by atoms with Crippen LogP contribution in [0, 0.1) is 15.9 Å². The second kappa shape index (κ2) is 7.63. The Labute approximate surface area is 158 Å². The van der Waals surface area contributed by atoms with Gasteiger partial charge < -0.3 is 4.57 Å². The van der Waals surface area contributed by atoms with Gasteiger partial charge in [-0.15, -0.1) is 11.3 Å². The highest BCUT2D eigenvalue weighted by atomic mass is 32.1. The number of amides is 1. The molecule has 0 aliphatic heterocycles. The SMILES string of the molecule is CCc1sc(=NC(=O)c2ccc([N+](=O)[O-])cc2)n(C)c1-c1ccc(F)cc1. The van der Waals surface area contributed by atoms with Crippen molar-refractivity contribution >= 4 is 22.9 Å². The first-order valence-electron chi connectivity index (χ1n) is 8.19. The van der Waals surface area contributed by atoms with Crippen LogP contribution in [0.15, 0.2) is 53.5 Å². The molecule has 27 heavy (non-hydrogen) atoms. The number of hydrogen-bond donors (Lipinski definition) is 0. The molecule has 1 heterocycles. The molecule has 0 radical (unpaired) electrons. The molecule has 3 aromatic rings. The largest absolute Gasteiger partial charge is 0.319 e. The number of nitrogens with zero attached hydrogens (tertiary/aromatic N) is 3. The number of benzene rings is 2. The van der Waals surface area contributed by atoms with Gasteiger partial charge in [-0.2, -0.15) is 4.99 Å². The van der Waals surface area contributed by atoms with Crippen molar-refractivity contribution < 1.29 is 14.1 Å². The Hall–Kier alpha value is -3.13. The van der Waals surface area contributed by atoms with Crippen molar-refractivity contribution in [1.29, 1.82) is 0 Å². The third-order valence-corrected chi connectivity index (χ3v) is 5.34. The standard InChI is InChI=1S/C19H16FN3O3S/c1-3-16-17(12-4-8-14(20)9-5-12)22(2)19(27-16)21-18(24)13-6-10-15(11-7-13)23(25)26/h4-11H,3H2,1-2H3. The van der Waals surface area contributed by atoms with E-state index in [1.165, 1.54) is 47.7 Å². The minimum Gasteiger partial charge on any atom is -0.319 e. The molecule has 138 valence electrons. The summed E-state index contributed by atoms with van der Waals surface area (Å²) in [7, 11) is 1.80. The monoisotopic (exact) mass is 385 g/mol. The molecule has 0 saturated heterocycles. The van der Waals surface area contributed by atoms with Gasteiger partial charge >= 0.3 is 0 Å². The fourth-order valence-corrected chi connectivity index (χ4v) is 3.76. The fraction of sp³-hybridized carbons (Fsp3) is 0.158. The van der Waals surface area contributed by atoms with Crippen molar-refractivity contribution in [2.45, 2.75) is 13.3 Å². The molecule has 0 saturated carbocycles. The van der Waals surface area contributed by atoms with Gasteiger partial charge in [0.1, 0.15) is 5.82 Å². The molecule has 0 spiro atoms. The second-order valence-corrected chi connectivity index (χ2v) is 6.86. The first-order valence-corrected chi connectivity index (χ1v) is 9.00. The van der Waals surface area contributed by atoms with Crippen molar-refractivity contribution in [3.8, 4) is 11.3 Å². The van der Waals surface area contributed by atoms with E-state index in [9.17, 15) is 19.3 Å². The molecule has 2 aromatic carbocycles. The van der Waals surface area contributed by atoms with Crippen LogP contribution >= 0.6 is 11.3 Å². The van der Waals surface area contributed by atoms with E-state index in [0.29, 0.717) is 4.80 Å². The molecule has 0 fully saturated rings. The number of nitro benzene ring substituents is 1. The second-order valence-electron chi connectivity index (χ2n) is 5.80. The smallest absolute Gasteiger partial charge is 0.279 e. The highest BCUT2D eigenvalue weighted by Crippen LogP contribution is 2.26. The van der Waals surface area contributed by atoms with Gasteiger partial charge in [0.2, 0.25) is 0 Å². The number of aromatic nitrogens is 1. The van der Waals surface area contributed by atoms with Crippen LogP contribution in [0.25, 0.3) is 11.3 Å². The Morgan fingerprint density at radius 1 is 1.19 bits per heavy atom.